The Bertz CT molecular complexity index is 472. The van der Waals surface area contributed by atoms with Gasteiger partial charge in [0.25, 0.3) is 0 Å². The molecule has 1 aromatic rings. The Hall–Kier alpha value is -0.640. The van der Waals surface area contributed by atoms with E-state index in [-0.39, 0.29) is 22.5 Å². The van der Waals surface area contributed by atoms with Crippen molar-refractivity contribution in [1.29, 1.82) is 0 Å². The van der Waals surface area contributed by atoms with E-state index in [1.807, 2.05) is 7.05 Å². The summed E-state index contributed by atoms with van der Waals surface area (Å²) in [4.78, 5) is 0. The van der Waals surface area contributed by atoms with Crippen LogP contribution < -0.4 is 5.32 Å². The highest BCUT2D eigenvalue weighted by molar-refractivity contribution is 6.30. The molecule has 0 heterocycles. The summed E-state index contributed by atoms with van der Waals surface area (Å²) in [7, 11) is 3.70. The summed E-state index contributed by atoms with van der Waals surface area (Å²) < 4.78 is 20.1. The minimum atomic E-state index is -0.310. The molecule has 1 aromatic carbocycles. The standard InChI is InChI=1S/C17H25ClFNO/c1-12-7-9-17(21-3,10-8-12)15(20-2)11-13-5-4-6-14(18)16(13)19/h4-6,12,15,20H,7-11H2,1-3H3. The normalized spacial score (nSPS) is 27.6. The molecule has 0 aliphatic heterocycles. The van der Waals surface area contributed by atoms with Crippen molar-refractivity contribution < 1.29 is 9.13 Å². The second-order valence-electron chi connectivity index (χ2n) is 6.21. The summed E-state index contributed by atoms with van der Waals surface area (Å²) in [5, 5.41) is 3.52. The van der Waals surface area contributed by atoms with E-state index in [1.165, 1.54) is 0 Å². The Balaban J connectivity index is 2.20. The van der Waals surface area contributed by atoms with Gasteiger partial charge in [0.05, 0.1) is 10.6 Å². The summed E-state index contributed by atoms with van der Waals surface area (Å²) >= 11 is 5.89. The van der Waals surface area contributed by atoms with Crippen LogP contribution >= 0.6 is 11.6 Å². The van der Waals surface area contributed by atoms with Gasteiger partial charge in [-0.25, -0.2) is 4.39 Å². The van der Waals surface area contributed by atoms with E-state index >= 15 is 0 Å². The third-order valence-electron chi connectivity index (χ3n) is 4.97. The third kappa shape index (κ3) is 3.58. The first kappa shape index (κ1) is 16.7. The largest absolute Gasteiger partial charge is 0.377 e. The highest BCUT2D eigenvalue weighted by Crippen LogP contribution is 2.38. The molecule has 0 amide bonds. The highest BCUT2D eigenvalue weighted by atomic mass is 35.5. The number of ether oxygens (including phenoxy) is 1. The molecule has 4 heteroatoms. The monoisotopic (exact) mass is 313 g/mol. The zero-order valence-electron chi connectivity index (χ0n) is 13.1. The Kier molecular flexibility index (Phi) is 5.64. The van der Waals surface area contributed by atoms with Crippen LogP contribution in [-0.4, -0.2) is 25.8 Å². The van der Waals surface area contributed by atoms with E-state index in [1.54, 1.807) is 25.3 Å². The van der Waals surface area contributed by atoms with E-state index in [4.69, 9.17) is 16.3 Å². The van der Waals surface area contributed by atoms with Crippen LogP contribution in [0.1, 0.15) is 38.2 Å². The van der Waals surface area contributed by atoms with Gasteiger partial charge in [-0.05, 0) is 56.7 Å². The van der Waals surface area contributed by atoms with Crippen molar-refractivity contribution in [2.75, 3.05) is 14.2 Å². The molecule has 2 rings (SSSR count). The first-order chi connectivity index (χ1) is 10.0. The van der Waals surface area contributed by atoms with E-state index in [2.05, 4.69) is 12.2 Å². The summed E-state index contributed by atoms with van der Waals surface area (Å²) in [6.07, 6.45) is 4.93. The molecule has 1 aliphatic rings. The first-order valence-corrected chi connectivity index (χ1v) is 8.05. The molecule has 0 bridgehead atoms. The fraction of sp³-hybridized carbons (Fsp3) is 0.647. The highest BCUT2D eigenvalue weighted by Gasteiger charge is 2.41. The van der Waals surface area contributed by atoms with Crippen LogP contribution in [0.3, 0.4) is 0 Å². The SMILES string of the molecule is CNC(Cc1cccc(Cl)c1F)C1(OC)CCC(C)CC1. The van der Waals surface area contributed by atoms with Gasteiger partial charge in [-0.15, -0.1) is 0 Å². The molecule has 0 aromatic heterocycles. The van der Waals surface area contributed by atoms with Gasteiger partial charge in [0.2, 0.25) is 0 Å². The number of hydrogen-bond acceptors (Lipinski definition) is 2. The van der Waals surface area contributed by atoms with Crippen LogP contribution in [-0.2, 0) is 11.2 Å². The van der Waals surface area contributed by atoms with Crippen LogP contribution in [0.2, 0.25) is 5.02 Å². The van der Waals surface area contributed by atoms with Crippen molar-refractivity contribution in [1.82, 2.24) is 5.32 Å². The molecule has 1 N–H and O–H groups in total. The van der Waals surface area contributed by atoms with Crippen molar-refractivity contribution in [3.8, 4) is 0 Å². The summed E-state index contributed by atoms with van der Waals surface area (Å²) in [6, 6.07) is 5.28. The molecule has 21 heavy (non-hydrogen) atoms. The smallest absolute Gasteiger partial charge is 0.145 e. The molecule has 1 unspecified atom stereocenters. The van der Waals surface area contributed by atoms with Gasteiger partial charge < -0.3 is 10.1 Å². The minimum absolute atomic E-state index is 0.0861. The van der Waals surface area contributed by atoms with E-state index in [0.717, 1.165) is 31.6 Å². The predicted octanol–water partition coefficient (Wildman–Crippen LogP) is 4.20. The Morgan fingerprint density at radius 3 is 2.67 bits per heavy atom. The Labute approximate surface area is 132 Å². The number of halogens is 2. The molecule has 1 aliphatic carbocycles. The summed E-state index contributed by atoms with van der Waals surface area (Å²) in [5.74, 6) is 0.434. The molecule has 1 fully saturated rings. The average Bonchev–Trinajstić information content (AvgIpc) is 2.50. The molecule has 0 saturated heterocycles. The Morgan fingerprint density at radius 2 is 2.10 bits per heavy atom. The van der Waals surface area contributed by atoms with Crippen molar-refractivity contribution in [3.63, 3.8) is 0 Å². The van der Waals surface area contributed by atoms with Crippen LogP contribution in [0.15, 0.2) is 18.2 Å². The first-order valence-electron chi connectivity index (χ1n) is 7.67. The predicted molar refractivity (Wildman–Crippen MR) is 85.3 cm³/mol. The topological polar surface area (TPSA) is 21.3 Å². The van der Waals surface area contributed by atoms with Gasteiger partial charge in [0, 0.05) is 13.2 Å². The van der Waals surface area contributed by atoms with Gasteiger partial charge in [0.1, 0.15) is 5.82 Å². The lowest BCUT2D eigenvalue weighted by Crippen LogP contribution is -2.54. The molecular formula is C17H25ClFNO. The quantitative estimate of drug-likeness (QED) is 0.879. The second-order valence-corrected chi connectivity index (χ2v) is 6.62. The fourth-order valence-corrected chi connectivity index (χ4v) is 3.62. The van der Waals surface area contributed by atoms with Gasteiger partial charge >= 0.3 is 0 Å². The van der Waals surface area contributed by atoms with Gasteiger partial charge in [0.15, 0.2) is 0 Å². The third-order valence-corrected chi connectivity index (χ3v) is 5.26. The molecule has 0 radical (unpaired) electrons. The van der Waals surface area contributed by atoms with Crippen molar-refractivity contribution in [2.24, 2.45) is 5.92 Å². The van der Waals surface area contributed by atoms with Crippen molar-refractivity contribution in [2.45, 2.75) is 50.7 Å². The minimum Gasteiger partial charge on any atom is -0.377 e. The van der Waals surface area contributed by atoms with Crippen LogP contribution in [0.5, 0.6) is 0 Å². The van der Waals surface area contributed by atoms with E-state index in [9.17, 15) is 4.39 Å². The van der Waals surface area contributed by atoms with Crippen LogP contribution in [0.4, 0.5) is 4.39 Å². The maximum absolute atomic E-state index is 14.2. The number of likely N-dealkylation sites (N-methyl/N-ethyl adjacent to an activating group) is 1. The molecular weight excluding hydrogens is 289 g/mol. The number of rotatable bonds is 5. The fourth-order valence-electron chi connectivity index (χ4n) is 3.42. The number of benzene rings is 1. The Morgan fingerprint density at radius 1 is 1.43 bits per heavy atom. The zero-order chi connectivity index (χ0) is 15.5. The zero-order valence-corrected chi connectivity index (χ0v) is 13.8. The van der Waals surface area contributed by atoms with Crippen molar-refractivity contribution >= 4 is 11.6 Å². The molecule has 1 saturated carbocycles. The summed E-state index contributed by atoms with van der Waals surface area (Å²) in [5.41, 5.74) is 0.438. The van der Waals surface area contributed by atoms with Gasteiger partial charge in [-0.1, -0.05) is 30.7 Å². The molecule has 118 valence electrons. The molecule has 1 atom stereocenters. The van der Waals surface area contributed by atoms with Crippen molar-refractivity contribution in [3.05, 3.63) is 34.6 Å². The van der Waals surface area contributed by atoms with Gasteiger partial charge in [-0.3, -0.25) is 0 Å². The summed E-state index contributed by atoms with van der Waals surface area (Å²) in [6.45, 7) is 2.28. The van der Waals surface area contributed by atoms with E-state index in [0.29, 0.717) is 12.0 Å². The molecule has 0 spiro atoms. The number of nitrogens with one attached hydrogen (secondary N) is 1. The lowest BCUT2D eigenvalue weighted by atomic mass is 9.74. The lowest BCUT2D eigenvalue weighted by molar-refractivity contribution is -0.0731. The lowest BCUT2D eigenvalue weighted by Gasteiger charge is -2.44. The number of methoxy groups -OCH3 is 1. The van der Waals surface area contributed by atoms with Crippen LogP contribution in [0, 0.1) is 11.7 Å². The van der Waals surface area contributed by atoms with E-state index < -0.39 is 0 Å². The maximum atomic E-state index is 14.2. The number of hydrogen-bond donors (Lipinski definition) is 1. The molecule has 2 nitrogen and oxygen atoms in total. The average molecular weight is 314 g/mol. The van der Waals surface area contributed by atoms with Gasteiger partial charge in [-0.2, -0.15) is 0 Å². The second kappa shape index (κ2) is 7.08. The maximum Gasteiger partial charge on any atom is 0.145 e. The van der Waals surface area contributed by atoms with Crippen LogP contribution in [0.25, 0.3) is 0 Å².